The van der Waals surface area contributed by atoms with Crippen molar-refractivity contribution in [2.24, 2.45) is 0 Å². The smallest absolute Gasteiger partial charge is 0.252 e. The summed E-state index contributed by atoms with van der Waals surface area (Å²) in [6.07, 6.45) is 0. The van der Waals surface area contributed by atoms with E-state index in [1.54, 1.807) is 6.07 Å². The van der Waals surface area contributed by atoms with Crippen LogP contribution in [0.15, 0.2) is 35.1 Å². The van der Waals surface area contributed by atoms with E-state index in [2.05, 4.69) is 11.0 Å². The van der Waals surface area contributed by atoms with Crippen LogP contribution in [0.5, 0.6) is 0 Å². The van der Waals surface area contributed by atoms with Gasteiger partial charge in [-0.3, -0.25) is 9.36 Å². The fourth-order valence-electron chi connectivity index (χ4n) is 3.06. The summed E-state index contributed by atoms with van der Waals surface area (Å²) in [6, 6.07) is 9.61. The van der Waals surface area contributed by atoms with Crippen LogP contribution < -0.4 is 16.2 Å². The first kappa shape index (κ1) is 15.6. The largest absolute Gasteiger partial charge is 0.399 e. The number of hydrogen-bond donors (Lipinski definition) is 1. The van der Waals surface area contributed by atoms with Crippen LogP contribution in [-0.2, 0) is 11.3 Å². The molecular formula is C18H23N3O2. The Morgan fingerprint density at radius 2 is 1.91 bits per heavy atom. The molecule has 2 heterocycles. The number of pyridine rings is 1. The Hall–Kier alpha value is -2.27. The van der Waals surface area contributed by atoms with Gasteiger partial charge in [-0.05, 0) is 48.7 Å². The Morgan fingerprint density at radius 1 is 1.17 bits per heavy atom. The van der Waals surface area contributed by atoms with Gasteiger partial charge in [-0.15, -0.1) is 0 Å². The molecule has 0 atom stereocenters. The van der Waals surface area contributed by atoms with E-state index in [0.29, 0.717) is 25.4 Å². The van der Waals surface area contributed by atoms with Gasteiger partial charge in [0.05, 0.1) is 13.2 Å². The summed E-state index contributed by atoms with van der Waals surface area (Å²) in [4.78, 5) is 14.8. The molecule has 1 aromatic heterocycles. The van der Waals surface area contributed by atoms with Crippen molar-refractivity contribution in [1.29, 1.82) is 0 Å². The van der Waals surface area contributed by atoms with Gasteiger partial charge in [-0.2, -0.15) is 0 Å². The summed E-state index contributed by atoms with van der Waals surface area (Å²) in [5.74, 6) is 0.958. The lowest BCUT2D eigenvalue weighted by Crippen LogP contribution is -2.39. The summed E-state index contributed by atoms with van der Waals surface area (Å²) < 4.78 is 7.25. The van der Waals surface area contributed by atoms with Crippen LogP contribution in [0, 0.1) is 6.92 Å². The van der Waals surface area contributed by atoms with Crippen molar-refractivity contribution < 1.29 is 4.74 Å². The summed E-state index contributed by atoms with van der Waals surface area (Å²) in [5, 5.41) is 0. The number of nitrogens with two attached hydrogens (primary N) is 1. The molecule has 5 heteroatoms. The van der Waals surface area contributed by atoms with E-state index in [0.717, 1.165) is 35.6 Å². The van der Waals surface area contributed by atoms with Crippen LogP contribution in [0.4, 0.5) is 11.5 Å². The summed E-state index contributed by atoms with van der Waals surface area (Å²) in [6.45, 7) is 7.68. The number of aromatic nitrogens is 1. The minimum absolute atomic E-state index is 0.0216. The minimum Gasteiger partial charge on any atom is -0.399 e. The molecular weight excluding hydrogens is 290 g/mol. The van der Waals surface area contributed by atoms with Gasteiger partial charge in [-0.1, -0.05) is 6.07 Å². The number of anilines is 2. The lowest BCUT2D eigenvalue weighted by molar-refractivity contribution is 0.122. The van der Waals surface area contributed by atoms with Crippen molar-refractivity contribution in [1.82, 2.24) is 4.57 Å². The molecule has 0 radical (unpaired) electrons. The number of benzene rings is 1. The zero-order chi connectivity index (χ0) is 16.4. The van der Waals surface area contributed by atoms with Crippen LogP contribution >= 0.6 is 0 Å². The number of rotatable bonds is 3. The summed E-state index contributed by atoms with van der Waals surface area (Å²) in [7, 11) is 0. The second-order valence-corrected chi connectivity index (χ2v) is 5.86. The quantitative estimate of drug-likeness (QED) is 0.883. The normalized spacial score (nSPS) is 15.0. The highest BCUT2D eigenvalue weighted by Crippen LogP contribution is 2.28. The molecule has 1 fully saturated rings. The average Bonchev–Trinajstić information content (AvgIpc) is 2.57. The maximum Gasteiger partial charge on any atom is 0.252 e. The van der Waals surface area contributed by atoms with Gasteiger partial charge >= 0.3 is 0 Å². The average molecular weight is 313 g/mol. The highest BCUT2D eigenvalue weighted by atomic mass is 16.5. The first-order chi connectivity index (χ1) is 11.1. The Bertz CT molecular complexity index is 761. The fraction of sp³-hybridized carbons (Fsp3) is 0.389. The van der Waals surface area contributed by atoms with Gasteiger partial charge < -0.3 is 15.4 Å². The van der Waals surface area contributed by atoms with Gasteiger partial charge in [-0.25, -0.2) is 0 Å². The molecule has 0 spiro atoms. The maximum atomic E-state index is 12.6. The van der Waals surface area contributed by atoms with Crippen molar-refractivity contribution in [2.45, 2.75) is 20.4 Å². The Labute approximate surface area is 136 Å². The first-order valence-corrected chi connectivity index (χ1v) is 8.04. The van der Waals surface area contributed by atoms with E-state index in [1.165, 1.54) is 0 Å². The molecule has 23 heavy (non-hydrogen) atoms. The second-order valence-electron chi connectivity index (χ2n) is 5.86. The molecule has 1 aromatic carbocycles. The molecule has 1 saturated heterocycles. The highest BCUT2D eigenvalue weighted by Gasteiger charge is 2.17. The van der Waals surface area contributed by atoms with Crippen molar-refractivity contribution in [2.75, 3.05) is 36.9 Å². The topological polar surface area (TPSA) is 60.5 Å². The molecule has 2 N–H and O–H groups in total. The molecule has 1 aliphatic rings. The number of aryl methyl sites for hydroxylation is 1. The van der Waals surface area contributed by atoms with Crippen LogP contribution in [-0.4, -0.2) is 30.9 Å². The zero-order valence-corrected chi connectivity index (χ0v) is 13.7. The van der Waals surface area contributed by atoms with E-state index in [1.807, 2.05) is 36.6 Å². The predicted molar refractivity (Wildman–Crippen MR) is 94.0 cm³/mol. The molecule has 0 amide bonds. The van der Waals surface area contributed by atoms with Crippen molar-refractivity contribution in [3.05, 3.63) is 46.2 Å². The molecule has 122 valence electrons. The lowest BCUT2D eigenvalue weighted by Gasteiger charge is -2.31. The third-order valence-corrected chi connectivity index (χ3v) is 4.33. The number of hydrogen-bond acceptors (Lipinski definition) is 4. The van der Waals surface area contributed by atoms with Gasteiger partial charge in [0.25, 0.3) is 5.56 Å². The Kier molecular flexibility index (Phi) is 4.39. The van der Waals surface area contributed by atoms with E-state index in [9.17, 15) is 4.79 Å². The molecule has 0 aliphatic carbocycles. The molecule has 3 rings (SSSR count). The van der Waals surface area contributed by atoms with Crippen molar-refractivity contribution in [3.63, 3.8) is 0 Å². The Morgan fingerprint density at radius 3 is 2.61 bits per heavy atom. The van der Waals surface area contributed by atoms with Gasteiger partial charge in [0.2, 0.25) is 0 Å². The molecule has 0 bridgehead atoms. The van der Waals surface area contributed by atoms with E-state index in [4.69, 9.17) is 10.5 Å². The molecule has 1 aliphatic heterocycles. The molecule has 2 aromatic rings. The van der Waals surface area contributed by atoms with Crippen molar-refractivity contribution >= 4 is 11.5 Å². The molecule has 5 nitrogen and oxygen atoms in total. The predicted octanol–water partition coefficient (Wildman–Crippen LogP) is 2.26. The maximum absolute atomic E-state index is 12.6. The van der Waals surface area contributed by atoms with Gasteiger partial charge in [0, 0.05) is 31.4 Å². The van der Waals surface area contributed by atoms with Crippen LogP contribution in [0.1, 0.15) is 12.5 Å². The number of morpholine rings is 1. The van der Waals surface area contributed by atoms with E-state index < -0.39 is 0 Å². The second kappa shape index (κ2) is 6.46. The highest BCUT2D eigenvalue weighted by molar-refractivity contribution is 5.73. The van der Waals surface area contributed by atoms with Gasteiger partial charge in [0.15, 0.2) is 0 Å². The number of nitrogens with zero attached hydrogens (tertiary/aromatic N) is 2. The number of ether oxygens (including phenoxy) is 1. The first-order valence-electron chi connectivity index (χ1n) is 8.04. The molecule has 0 unspecified atom stereocenters. The standard InChI is InChI=1S/C18H23N3O2/c1-3-21-17(20-6-8-23-9-7-20)10-14(11-18(21)22)16-12-15(19)5-4-13(16)2/h4-5,10-12H,3,6-9,19H2,1-2H3. The van der Waals surface area contributed by atoms with E-state index >= 15 is 0 Å². The van der Waals surface area contributed by atoms with Crippen molar-refractivity contribution in [3.8, 4) is 11.1 Å². The monoisotopic (exact) mass is 313 g/mol. The number of nitrogen functional groups attached to an aromatic ring is 1. The lowest BCUT2D eigenvalue weighted by atomic mass is 10.0. The fourth-order valence-corrected chi connectivity index (χ4v) is 3.06. The van der Waals surface area contributed by atoms with Gasteiger partial charge in [0.1, 0.15) is 5.82 Å². The summed E-state index contributed by atoms with van der Waals surface area (Å²) >= 11 is 0. The minimum atomic E-state index is 0.0216. The third kappa shape index (κ3) is 3.10. The zero-order valence-electron chi connectivity index (χ0n) is 13.7. The van der Waals surface area contributed by atoms with E-state index in [-0.39, 0.29) is 5.56 Å². The SMILES string of the molecule is CCn1c(N2CCOCC2)cc(-c2cc(N)ccc2C)cc1=O. The Balaban J connectivity index is 2.14. The van der Waals surface area contributed by atoms with Crippen LogP contribution in [0.2, 0.25) is 0 Å². The van der Waals surface area contributed by atoms with Crippen LogP contribution in [0.3, 0.4) is 0 Å². The third-order valence-electron chi connectivity index (χ3n) is 4.33. The summed E-state index contributed by atoms with van der Waals surface area (Å²) in [5.41, 5.74) is 9.71. The van der Waals surface area contributed by atoms with Crippen LogP contribution in [0.25, 0.3) is 11.1 Å². The molecule has 0 saturated carbocycles.